The maximum Gasteiger partial charge on any atom is 0.251 e. The Kier molecular flexibility index (Phi) is 4.65. The molecule has 134 valence electrons. The molecule has 1 aliphatic rings. The van der Waals surface area contributed by atoms with Gasteiger partial charge in [0.2, 0.25) is 0 Å². The molecular weight excluding hydrogens is 375 g/mol. The third-order valence-corrected chi connectivity index (χ3v) is 5.57. The lowest BCUT2D eigenvalue weighted by Gasteiger charge is -2.16. The Bertz CT molecular complexity index is 927. The molecule has 1 aliphatic heterocycles. The SMILES string of the molecule is O=C(N[C@H]1CCN(c2cc(-c3cccs3)[nH]n2)C1)c1ccc(F)c(Cl)c1. The smallest absolute Gasteiger partial charge is 0.251 e. The summed E-state index contributed by atoms with van der Waals surface area (Å²) in [4.78, 5) is 15.6. The average Bonchev–Trinajstić information content (AvgIpc) is 3.37. The van der Waals surface area contributed by atoms with Crippen molar-refractivity contribution >= 4 is 34.7 Å². The van der Waals surface area contributed by atoms with Crippen LogP contribution in [0.2, 0.25) is 5.02 Å². The van der Waals surface area contributed by atoms with Crippen LogP contribution in [0.3, 0.4) is 0 Å². The van der Waals surface area contributed by atoms with E-state index in [-0.39, 0.29) is 17.0 Å². The van der Waals surface area contributed by atoms with Crippen LogP contribution in [0.4, 0.5) is 10.2 Å². The topological polar surface area (TPSA) is 61.0 Å². The van der Waals surface area contributed by atoms with Crippen LogP contribution in [0.15, 0.2) is 41.8 Å². The number of anilines is 1. The lowest BCUT2D eigenvalue weighted by atomic mass is 10.2. The minimum absolute atomic E-state index is 0.00761. The summed E-state index contributed by atoms with van der Waals surface area (Å²) in [5.41, 5.74) is 1.35. The number of carbonyl (C=O) groups excluding carboxylic acids is 1. The molecule has 2 N–H and O–H groups in total. The molecule has 0 radical (unpaired) electrons. The third kappa shape index (κ3) is 3.45. The Morgan fingerprint density at radius 3 is 3.04 bits per heavy atom. The summed E-state index contributed by atoms with van der Waals surface area (Å²) in [7, 11) is 0. The average molecular weight is 391 g/mol. The van der Waals surface area contributed by atoms with E-state index in [9.17, 15) is 9.18 Å². The van der Waals surface area contributed by atoms with Crippen molar-refractivity contribution in [3.63, 3.8) is 0 Å². The molecule has 1 amide bonds. The second-order valence-corrected chi connectivity index (χ2v) is 7.51. The van der Waals surface area contributed by atoms with Gasteiger partial charge >= 0.3 is 0 Å². The number of aromatic amines is 1. The van der Waals surface area contributed by atoms with Crippen LogP contribution in [-0.2, 0) is 0 Å². The normalized spacial score (nSPS) is 16.8. The largest absolute Gasteiger partial charge is 0.353 e. The van der Waals surface area contributed by atoms with Crippen molar-refractivity contribution in [2.45, 2.75) is 12.5 Å². The fraction of sp³-hybridized carbons (Fsp3) is 0.222. The van der Waals surface area contributed by atoms with Gasteiger partial charge in [-0.25, -0.2) is 4.39 Å². The Balaban J connectivity index is 1.39. The highest BCUT2D eigenvalue weighted by atomic mass is 35.5. The second kappa shape index (κ2) is 7.09. The number of benzene rings is 1. The maximum absolute atomic E-state index is 13.2. The van der Waals surface area contributed by atoms with Gasteiger partial charge in [-0.1, -0.05) is 17.7 Å². The van der Waals surface area contributed by atoms with Crippen molar-refractivity contribution in [2.75, 3.05) is 18.0 Å². The van der Waals surface area contributed by atoms with Gasteiger partial charge in [-0.2, -0.15) is 5.10 Å². The first kappa shape index (κ1) is 17.1. The number of hydrogen-bond acceptors (Lipinski definition) is 4. The molecule has 2 aromatic heterocycles. The number of nitrogens with zero attached hydrogens (tertiary/aromatic N) is 2. The molecule has 1 saturated heterocycles. The molecule has 4 rings (SSSR count). The van der Waals surface area contributed by atoms with Gasteiger partial charge in [0.25, 0.3) is 5.91 Å². The Morgan fingerprint density at radius 1 is 1.38 bits per heavy atom. The van der Waals surface area contributed by atoms with Crippen LogP contribution in [0, 0.1) is 5.82 Å². The molecule has 5 nitrogen and oxygen atoms in total. The summed E-state index contributed by atoms with van der Waals surface area (Å²) in [6.07, 6.45) is 0.821. The van der Waals surface area contributed by atoms with Gasteiger partial charge in [-0.15, -0.1) is 11.3 Å². The van der Waals surface area contributed by atoms with Crippen molar-refractivity contribution in [2.24, 2.45) is 0 Å². The zero-order chi connectivity index (χ0) is 18.1. The molecular formula is C18H16ClFN4OS. The number of carbonyl (C=O) groups is 1. The highest BCUT2D eigenvalue weighted by molar-refractivity contribution is 7.13. The summed E-state index contributed by atoms with van der Waals surface area (Å²) in [6, 6.07) is 10.1. The number of aromatic nitrogens is 2. The van der Waals surface area contributed by atoms with Crippen molar-refractivity contribution < 1.29 is 9.18 Å². The van der Waals surface area contributed by atoms with Crippen molar-refractivity contribution in [3.8, 4) is 10.6 Å². The molecule has 3 aromatic rings. The summed E-state index contributed by atoms with van der Waals surface area (Å²) in [5, 5.41) is 12.4. The maximum atomic E-state index is 13.2. The first-order valence-electron chi connectivity index (χ1n) is 8.20. The standard InChI is InChI=1S/C18H16ClFN4OS/c19-13-8-11(3-4-14(13)20)18(25)21-12-5-6-24(10-12)17-9-15(22-23-17)16-2-1-7-26-16/h1-4,7-9,12H,5-6,10H2,(H,21,25)(H,22,23)/t12-/m0/s1. The van der Waals surface area contributed by atoms with E-state index in [2.05, 4.69) is 20.4 Å². The van der Waals surface area contributed by atoms with Gasteiger partial charge < -0.3 is 10.2 Å². The molecule has 26 heavy (non-hydrogen) atoms. The van der Waals surface area contributed by atoms with Crippen LogP contribution in [-0.4, -0.2) is 35.2 Å². The van der Waals surface area contributed by atoms with Crippen LogP contribution in [0.5, 0.6) is 0 Å². The van der Waals surface area contributed by atoms with Gasteiger partial charge in [-0.3, -0.25) is 9.89 Å². The van der Waals surface area contributed by atoms with Gasteiger partial charge in [-0.05, 0) is 36.1 Å². The molecule has 1 fully saturated rings. The van der Waals surface area contributed by atoms with Crippen molar-refractivity contribution in [1.82, 2.24) is 15.5 Å². The van der Waals surface area contributed by atoms with Crippen LogP contribution in [0.1, 0.15) is 16.8 Å². The Labute approximate surface area is 158 Å². The molecule has 0 bridgehead atoms. The van der Waals surface area contributed by atoms with Gasteiger partial charge in [0.05, 0.1) is 15.6 Å². The van der Waals surface area contributed by atoms with Gasteiger partial charge in [0, 0.05) is 30.8 Å². The van der Waals surface area contributed by atoms with E-state index in [0.717, 1.165) is 29.4 Å². The lowest BCUT2D eigenvalue weighted by molar-refractivity contribution is 0.0940. The van der Waals surface area contributed by atoms with Gasteiger partial charge in [0.15, 0.2) is 5.82 Å². The number of halogens is 2. The van der Waals surface area contributed by atoms with E-state index in [1.165, 1.54) is 18.2 Å². The zero-order valence-corrected chi connectivity index (χ0v) is 15.3. The predicted molar refractivity (Wildman–Crippen MR) is 101 cm³/mol. The first-order valence-corrected chi connectivity index (χ1v) is 9.46. The fourth-order valence-electron chi connectivity index (χ4n) is 3.02. The van der Waals surface area contributed by atoms with E-state index < -0.39 is 5.82 Å². The highest BCUT2D eigenvalue weighted by Gasteiger charge is 2.26. The zero-order valence-electron chi connectivity index (χ0n) is 13.7. The number of amides is 1. The molecule has 8 heteroatoms. The number of rotatable bonds is 4. The van der Waals surface area contributed by atoms with E-state index in [1.54, 1.807) is 11.3 Å². The second-order valence-electron chi connectivity index (χ2n) is 6.15. The van der Waals surface area contributed by atoms with Crippen LogP contribution < -0.4 is 10.2 Å². The van der Waals surface area contributed by atoms with E-state index in [1.807, 2.05) is 23.6 Å². The van der Waals surface area contributed by atoms with E-state index in [0.29, 0.717) is 12.1 Å². The number of thiophene rings is 1. The van der Waals surface area contributed by atoms with Crippen LogP contribution in [0.25, 0.3) is 10.6 Å². The summed E-state index contributed by atoms with van der Waals surface area (Å²) >= 11 is 7.40. The number of nitrogens with one attached hydrogen (secondary N) is 2. The molecule has 0 spiro atoms. The predicted octanol–water partition coefficient (Wildman–Crippen LogP) is 3.94. The third-order valence-electron chi connectivity index (χ3n) is 4.38. The van der Waals surface area contributed by atoms with Crippen molar-refractivity contribution in [3.05, 3.63) is 58.2 Å². The summed E-state index contributed by atoms with van der Waals surface area (Å²) in [5.74, 6) is 0.0883. The van der Waals surface area contributed by atoms with Crippen molar-refractivity contribution in [1.29, 1.82) is 0 Å². The molecule has 1 aromatic carbocycles. The molecule has 1 atom stereocenters. The lowest BCUT2D eigenvalue weighted by Crippen LogP contribution is -2.37. The number of H-pyrrole nitrogens is 1. The monoisotopic (exact) mass is 390 g/mol. The summed E-state index contributed by atoms with van der Waals surface area (Å²) < 4.78 is 13.2. The Morgan fingerprint density at radius 2 is 2.27 bits per heavy atom. The minimum atomic E-state index is -0.532. The fourth-order valence-corrected chi connectivity index (χ4v) is 3.90. The van der Waals surface area contributed by atoms with E-state index in [4.69, 9.17) is 11.6 Å². The molecule has 3 heterocycles. The summed E-state index contributed by atoms with van der Waals surface area (Å²) in [6.45, 7) is 1.49. The van der Waals surface area contributed by atoms with Gasteiger partial charge in [0.1, 0.15) is 5.82 Å². The Hall–Kier alpha value is -2.38. The molecule has 0 saturated carbocycles. The van der Waals surface area contributed by atoms with E-state index >= 15 is 0 Å². The number of hydrogen-bond donors (Lipinski definition) is 2. The van der Waals surface area contributed by atoms with Crippen LogP contribution >= 0.6 is 22.9 Å². The molecule has 0 unspecified atom stereocenters. The first-order chi connectivity index (χ1) is 12.6. The quantitative estimate of drug-likeness (QED) is 0.709. The highest BCUT2D eigenvalue weighted by Crippen LogP contribution is 2.27. The molecule has 0 aliphatic carbocycles. The minimum Gasteiger partial charge on any atom is -0.353 e.